The fraction of sp³-hybridized carbons (Fsp3) is 1.00. The van der Waals surface area contributed by atoms with Gasteiger partial charge in [-0.05, 0) is 0 Å². The summed E-state index contributed by atoms with van der Waals surface area (Å²) in [7, 11) is 0. The summed E-state index contributed by atoms with van der Waals surface area (Å²) in [6, 6.07) is 0. The fourth-order valence-corrected chi connectivity index (χ4v) is 2.56. The summed E-state index contributed by atoms with van der Waals surface area (Å²) in [5.41, 5.74) is 24.7. The second kappa shape index (κ2) is 5.16. The van der Waals surface area contributed by atoms with Crippen molar-refractivity contribution in [3.8, 4) is 0 Å². The Bertz CT molecular complexity index is 268. The second-order valence-electron chi connectivity index (χ2n) is 2.12. The van der Waals surface area contributed by atoms with Crippen LogP contribution in [0.15, 0.2) is 12.4 Å². The molecule has 0 aromatic carbocycles. The minimum atomic E-state index is -3.44. The molecule has 0 fully saturated rings. The molecule has 0 radical (unpaired) electrons. The van der Waals surface area contributed by atoms with Gasteiger partial charge in [0, 0.05) is 0 Å². The van der Waals surface area contributed by atoms with Crippen LogP contribution >= 0.6 is 0 Å². The number of azide groups is 1. The van der Waals surface area contributed by atoms with Gasteiger partial charge in [-0.15, -0.1) is 0 Å². The number of nitrogens with zero attached hydrogens (tertiary/aromatic N) is 9. The van der Waals surface area contributed by atoms with Crippen molar-refractivity contribution in [1.82, 2.24) is 0 Å². The number of hydrogen-bond acceptors (Lipinski definition) is 3. The zero-order valence-corrected chi connectivity index (χ0v) is 8.72. The molecule has 0 aromatic heterocycles. The summed E-state index contributed by atoms with van der Waals surface area (Å²) < 4.78 is 9.99. The zero-order valence-electron chi connectivity index (χ0n) is 7.01. The Labute approximate surface area is 76.5 Å². The molecule has 0 unspecified atom stereocenters. The summed E-state index contributed by atoms with van der Waals surface area (Å²) in [6.07, 6.45) is 0. The molecule has 0 aliphatic rings. The number of hydrogen-bond donors (Lipinski definition) is 0. The van der Waals surface area contributed by atoms with Crippen LogP contribution < -0.4 is 0 Å². The van der Waals surface area contributed by atoms with Gasteiger partial charge in [-0.1, -0.05) is 0 Å². The molecule has 0 amide bonds. The van der Waals surface area contributed by atoms with E-state index in [1.165, 1.54) is 0 Å². The van der Waals surface area contributed by atoms with Crippen LogP contribution in [0.5, 0.6) is 0 Å². The van der Waals surface area contributed by atoms with Crippen molar-refractivity contribution in [2.75, 3.05) is 0 Å². The SMILES string of the molecule is CC(C)[Se](N=[N+]=[N-])(N=[N+]=[N-])N=[N+]=[N-]. The van der Waals surface area contributed by atoms with Crippen LogP contribution in [0.3, 0.4) is 0 Å². The summed E-state index contributed by atoms with van der Waals surface area (Å²) in [5.74, 6) is 0. The Kier molecular flexibility index (Phi) is 4.54. The maximum atomic E-state index is 8.23. The minimum absolute atomic E-state index is 0.251. The molecule has 0 aromatic rings. The van der Waals surface area contributed by atoms with E-state index in [0.717, 1.165) is 0 Å². The third kappa shape index (κ3) is 2.76. The van der Waals surface area contributed by atoms with E-state index in [4.69, 9.17) is 16.6 Å². The van der Waals surface area contributed by atoms with Gasteiger partial charge < -0.3 is 0 Å². The first-order valence-corrected chi connectivity index (χ1v) is 6.43. The monoisotopic (exact) mass is 249 g/mol. The third-order valence-corrected chi connectivity index (χ3v) is 5.73. The van der Waals surface area contributed by atoms with Gasteiger partial charge in [0.05, 0.1) is 0 Å². The molecule has 0 spiro atoms. The first-order chi connectivity index (χ1) is 6.13. The summed E-state index contributed by atoms with van der Waals surface area (Å²) in [6.45, 7) is 3.36. The molecule has 0 aliphatic carbocycles. The standard InChI is InChI=1S/C3H7N9Se/c1-3(2)13(10-7-4,11-8-5)12-9-6/h3H,1-2H3. The first-order valence-electron chi connectivity index (χ1n) is 3.14. The summed E-state index contributed by atoms with van der Waals surface area (Å²) in [5, 5.41) is 0. The van der Waals surface area contributed by atoms with E-state index in [9.17, 15) is 0 Å². The molecule has 0 bridgehead atoms. The van der Waals surface area contributed by atoms with Gasteiger partial charge in [-0.3, -0.25) is 0 Å². The van der Waals surface area contributed by atoms with Gasteiger partial charge in [0.25, 0.3) is 0 Å². The van der Waals surface area contributed by atoms with E-state index in [1.807, 2.05) is 0 Å². The van der Waals surface area contributed by atoms with Crippen molar-refractivity contribution in [3.05, 3.63) is 31.3 Å². The average Bonchev–Trinajstić information content (AvgIpc) is 2.05. The molecule has 0 N–H and O–H groups in total. The van der Waals surface area contributed by atoms with Gasteiger partial charge in [0.15, 0.2) is 0 Å². The molecule has 0 atom stereocenters. The van der Waals surface area contributed by atoms with Crippen molar-refractivity contribution in [2.24, 2.45) is 12.4 Å². The molecule has 0 saturated carbocycles. The third-order valence-electron chi connectivity index (χ3n) is 1.10. The molecule has 0 rings (SSSR count). The molecule has 13 heavy (non-hydrogen) atoms. The van der Waals surface area contributed by atoms with Gasteiger partial charge in [-0.25, -0.2) is 0 Å². The van der Waals surface area contributed by atoms with Gasteiger partial charge in [-0.2, -0.15) is 0 Å². The zero-order chi connectivity index (χ0) is 10.3. The average molecular weight is 248 g/mol. The predicted molar refractivity (Wildman–Crippen MR) is 48.3 cm³/mol. The Morgan fingerprint density at radius 3 is 1.38 bits per heavy atom. The summed E-state index contributed by atoms with van der Waals surface area (Å²) in [4.78, 5) is 7.34. The molecule has 10 heteroatoms. The molecule has 0 aliphatic heterocycles. The van der Waals surface area contributed by atoms with Crippen molar-refractivity contribution in [1.29, 1.82) is 0 Å². The molecular formula is C3H7N9Se. The van der Waals surface area contributed by atoms with Crippen LogP contribution in [0.1, 0.15) is 13.8 Å². The van der Waals surface area contributed by atoms with Crippen molar-refractivity contribution in [2.45, 2.75) is 18.7 Å². The second-order valence-corrected chi connectivity index (χ2v) is 7.48. The van der Waals surface area contributed by atoms with E-state index in [1.54, 1.807) is 13.8 Å². The quantitative estimate of drug-likeness (QED) is 0.311. The first kappa shape index (κ1) is 11.4. The van der Waals surface area contributed by atoms with Crippen molar-refractivity contribution >= 4 is 13.5 Å². The van der Waals surface area contributed by atoms with E-state index < -0.39 is 13.5 Å². The van der Waals surface area contributed by atoms with E-state index in [2.05, 4.69) is 27.1 Å². The van der Waals surface area contributed by atoms with Crippen molar-refractivity contribution < 1.29 is 0 Å². The van der Waals surface area contributed by atoms with Gasteiger partial charge >= 0.3 is 75.9 Å². The maximum absolute atomic E-state index is 8.23. The predicted octanol–water partition coefficient (Wildman–Crippen LogP) is 3.27. The van der Waals surface area contributed by atoms with Crippen LogP contribution in [0.4, 0.5) is 0 Å². The molecule has 0 saturated heterocycles. The Balaban J connectivity index is 5.40. The molecule has 9 nitrogen and oxygen atoms in total. The molecule has 0 heterocycles. The fourth-order valence-electron chi connectivity index (χ4n) is 0.493. The normalized spacial score (nSPS) is 15.6. The Morgan fingerprint density at radius 1 is 0.923 bits per heavy atom. The van der Waals surface area contributed by atoms with Crippen LogP contribution in [0.25, 0.3) is 31.3 Å². The Morgan fingerprint density at radius 2 is 1.23 bits per heavy atom. The molecule has 70 valence electrons. The van der Waals surface area contributed by atoms with Crippen LogP contribution in [0, 0.1) is 0 Å². The Hall–Kier alpha value is -1.55. The van der Waals surface area contributed by atoms with Gasteiger partial charge in [0.1, 0.15) is 0 Å². The van der Waals surface area contributed by atoms with Gasteiger partial charge in [0.2, 0.25) is 0 Å². The van der Waals surface area contributed by atoms with Crippen LogP contribution in [-0.4, -0.2) is 13.5 Å². The van der Waals surface area contributed by atoms with Crippen LogP contribution in [-0.2, 0) is 0 Å². The van der Waals surface area contributed by atoms with Crippen LogP contribution in [0.2, 0.25) is 4.82 Å². The van der Waals surface area contributed by atoms with E-state index in [0.29, 0.717) is 0 Å². The van der Waals surface area contributed by atoms with E-state index >= 15 is 0 Å². The number of rotatable bonds is 4. The topological polar surface area (TPSA) is 146 Å². The molecular weight excluding hydrogens is 241 g/mol. The van der Waals surface area contributed by atoms with Crippen molar-refractivity contribution in [3.63, 3.8) is 0 Å². The van der Waals surface area contributed by atoms with E-state index in [-0.39, 0.29) is 4.82 Å². The summed E-state index contributed by atoms with van der Waals surface area (Å²) >= 11 is -3.44.